The van der Waals surface area contributed by atoms with Gasteiger partial charge in [-0.2, -0.15) is 0 Å². The number of aromatic hydroxyl groups is 1. The molecular weight excluding hydrogens is 193 g/mol. The molecule has 0 heterocycles. The van der Waals surface area contributed by atoms with Gasteiger partial charge in [0.2, 0.25) is 0 Å². The molecule has 0 amide bonds. The lowest BCUT2D eigenvalue weighted by molar-refractivity contribution is 0.441. The van der Waals surface area contributed by atoms with Crippen molar-refractivity contribution in [3.05, 3.63) is 29.8 Å². The number of hydrogen-bond donors (Lipinski definition) is 2. The van der Waals surface area contributed by atoms with E-state index in [0.717, 1.165) is 12.0 Å². The summed E-state index contributed by atoms with van der Waals surface area (Å²) in [6.45, 7) is 2.49. The average molecular weight is 211 g/mol. The molecule has 0 saturated heterocycles. The van der Waals surface area contributed by atoms with Crippen LogP contribution in [0.2, 0.25) is 0 Å². The molecule has 0 bridgehead atoms. The fourth-order valence-corrected chi connectivity index (χ4v) is 1.52. The van der Waals surface area contributed by atoms with Crippen LogP contribution in [0.1, 0.15) is 18.9 Å². The van der Waals surface area contributed by atoms with E-state index in [9.17, 15) is 9.50 Å². The maximum Gasteiger partial charge on any atom is 0.115 e. The monoisotopic (exact) mass is 211 g/mol. The molecule has 0 aliphatic rings. The van der Waals surface area contributed by atoms with Gasteiger partial charge in [0.25, 0.3) is 0 Å². The van der Waals surface area contributed by atoms with Crippen LogP contribution in [-0.2, 0) is 6.42 Å². The van der Waals surface area contributed by atoms with Crippen molar-refractivity contribution in [2.75, 3.05) is 13.2 Å². The van der Waals surface area contributed by atoms with Gasteiger partial charge in [-0.05, 0) is 44.0 Å². The van der Waals surface area contributed by atoms with Gasteiger partial charge in [0, 0.05) is 6.04 Å². The molecule has 0 aromatic heterocycles. The third kappa shape index (κ3) is 4.79. The average Bonchev–Trinajstić information content (AvgIpc) is 2.18. The smallest absolute Gasteiger partial charge is 0.115 e. The summed E-state index contributed by atoms with van der Waals surface area (Å²) in [6, 6.07) is 7.53. The van der Waals surface area contributed by atoms with E-state index in [1.54, 1.807) is 12.1 Å². The second kappa shape index (κ2) is 6.40. The van der Waals surface area contributed by atoms with Crippen LogP contribution in [0.25, 0.3) is 0 Å². The molecular formula is C12H18FNO. The predicted octanol–water partition coefficient (Wildman–Crippen LogP) is 2.27. The van der Waals surface area contributed by atoms with Gasteiger partial charge in [-0.25, -0.2) is 0 Å². The molecule has 2 nitrogen and oxygen atoms in total. The van der Waals surface area contributed by atoms with E-state index in [4.69, 9.17) is 0 Å². The standard InChI is InChI=1S/C12H18FNO/c1-10(14-7-3-6-13)8-11-4-2-5-12(15)9-11/h2,4-5,9-10,14-15H,3,6-8H2,1H3. The molecule has 1 unspecified atom stereocenters. The van der Waals surface area contributed by atoms with Crippen molar-refractivity contribution in [2.45, 2.75) is 25.8 Å². The molecule has 0 radical (unpaired) electrons. The van der Waals surface area contributed by atoms with Gasteiger partial charge < -0.3 is 10.4 Å². The van der Waals surface area contributed by atoms with E-state index in [1.807, 2.05) is 12.1 Å². The van der Waals surface area contributed by atoms with E-state index in [0.29, 0.717) is 24.8 Å². The highest BCUT2D eigenvalue weighted by Crippen LogP contribution is 2.12. The first kappa shape index (κ1) is 12.0. The Morgan fingerprint density at radius 2 is 2.27 bits per heavy atom. The van der Waals surface area contributed by atoms with Crippen LogP contribution in [0.3, 0.4) is 0 Å². The van der Waals surface area contributed by atoms with Gasteiger partial charge in [-0.3, -0.25) is 4.39 Å². The largest absolute Gasteiger partial charge is 0.508 e. The Balaban J connectivity index is 2.34. The van der Waals surface area contributed by atoms with Crippen molar-refractivity contribution >= 4 is 0 Å². The van der Waals surface area contributed by atoms with Gasteiger partial charge in [-0.15, -0.1) is 0 Å². The first-order chi connectivity index (χ1) is 7.22. The first-order valence-corrected chi connectivity index (χ1v) is 5.29. The summed E-state index contributed by atoms with van der Waals surface area (Å²) in [6.07, 6.45) is 1.41. The highest BCUT2D eigenvalue weighted by molar-refractivity contribution is 5.27. The maximum atomic E-state index is 11.9. The number of phenolic OH excluding ortho intramolecular Hbond substituents is 1. The Morgan fingerprint density at radius 3 is 2.93 bits per heavy atom. The molecule has 1 rings (SSSR count). The zero-order valence-corrected chi connectivity index (χ0v) is 9.04. The van der Waals surface area contributed by atoms with Crippen molar-refractivity contribution in [1.82, 2.24) is 5.32 Å². The van der Waals surface area contributed by atoms with Crippen LogP contribution in [0, 0.1) is 0 Å². The van der Waals surface area contributed by atoms with Crippen LogP contribution >= 0.6 is 0 Å². The van der Waals surface area contributed by atoms with Gasteiger partial charge in [0.15, 0.2) is 0 Å². The molecule has 0 fully saturated rings. The van der Waals surface area contributed by atoms with E-state index < -0.39 is 0 Å². The number of alkyl halides is 1. The maximum absolute atomic E-state index is 11.9. The summed E-state index contributed by atoms with van der Waals surface area (Å²) in [4.78, 5) is 0. The Hall–Kier alpha value is -1.09. The molecule has 3 heteroatoms. The van der Waals surface area contributed by atoms with E-state index >= 15 is 0 Å². The molecule has 15 heavy (non-hydrogen) atoms. The Kier molecular flexibility index (Phi) is 5.12. The Morgan fingerprint density at radius 1 is 1.47 bits per heavy atom. The highest BCUT2D eigenvalue weighted by atomic mass is 19.1. The first-order valence-electron chi connectivity index (χ1n) is 5.29. The zero-order valence-electron chi connectivity index (χ0n) is 9.04. The quantitative estimate of drug-likeness (QED) is 0.707. The molecule has 0 saturated carbocycles. The molecule has 1 aromatic rings. The SMILES string of the molecule is CC(Cc1cccc(O)c1)NCCCF. The summed E-state index contributed by atoms with van der Waals surface area (Å²) in [5.41, 5.74) is 1.09. The fourth-order valence-electron chi connectivity index (χ4n) is 1.52. The highest BCUT2D eigenvalue weighted by Gasteiger charge is 2.02. The van der Waals surface area contributed by atoms with Crippen molar-refractivity contribution in [3.8, 4) is 5.75 Å². The minimum atomic E-state index is -0.272. The molecule has 84 valence electrons. The van der Waals surface area contributed by atoms with Gasteiger partial charge >= 0.3 is 0 Å². The fraction of sp³-hybridized carbons (Fsp3) is 0.500. The lowest BCUT2D eigenvalue weighted by atomic mass is 10.1. The Bertz CT molecular complexity index is 291. The molecule has 0 spiro atoms. The minimum Gasteiger partial charge on any atom is -0.508 e. The van der Waals surface area contributed by atoms with Crippen molar-refractivity contribution in [2.24, 2.45) is 0 Å². The van der Waals surface area contributed by atoms with E-state index in [-0.39, 0.29) is 6.67 Å². The number of benzene rings is 1. The Labute approximate surface area is 90.1 Å². The van der Waals surface area contributed by atoms with Gasteiger partial charge in [0.1, 0.15) is 5.75 Å². The second-order valence-corrected chi connectivity index (χ2v) is 3.77. The third-order valence-corrected chi connectivity index (χ3v) is 2.26. The molecule has 0 aliphatic carbocycles. The predicted molar refractivity (Wildman–Crippen MR) is 59.9 cm³/mol. The number of rotatable bonds is 6. The molecule has 0 aliphatic heterocycles. The summed E-state index contributed by atoms with van der Waals surface area (Å²) in [5, 5.41) is 12.5. The number of hydrogen-bond acceptors (Lipinski definition) is 2. The van der Waals surface area contributed by atoms with Gasteiger partial charge in [0.05, 0.1) is 6.67 Å². The van der Waals surface area contributed by atoms with Crippen LogP contribution in [0.15, 0.2) is 24.3 Å². The zero-order chi connectivity index (χ0) is 11.1. The summed E-state index contributed by atoms with van der Waals surface area (Å²) >= 11 is 0. The molecule has 1 aromatic carbocycles. The minimum absolute atomic E-state index is 0.272. The van der Waals surface area contributed by atoms with Crippen molar-refractivity contribution in [1.29, 1.82) is 0 Å². The van der Waals surface area contributed by atoms with Crippen LogP contribution in [0.4, 0.5) is 4.39 Å². The van der Waals surface area contributed by atoms with E-state index in [1.165, 1.54) is 0 Å². The lowest BCUT2D eigenvalue weighted by Gasteiger charge is -2.13. The van der Waals surface area contributed by atoms with Crippen LogP contribution < -0.4 is 5.32 Å². The van der Waals surface area contributed by atoms with E-state index in [2.05, 4.69) is 12.2 Å². The van der Waals surface area contributed by atoms with Gasteiger partial charge in [-0.1, -0.05) is 12.1 Å². The summed E-state index contributed by atoms with van der Waals surface area (Å²) < 4.78 is 11.9. The van der Waals surface area contributed by atoms with Crippen LogP contribution in [0.5, 0.6) is 5.75 Å². The number of phenols is 1. The number of halogens is 1. The summed E-state index contributed by atoms with van der Waals surface area (Å²) in [5.74, 6) is 0.295. The summed E-state index contributed by atoms with van der Waals surface area (Å²) in [7, 11) is 0. The second-order valence-electron chi connectivity index (χ2n) is 3.77. The normalized spacial score (nSPS) is 12.7. The number of nitrogens with one attached hydrogen (secondary N) is 1. The van der Waals surface area contributed by atoms with Crippen molar-refractivity contribution in [3.63, 3.8) is 0 Å². The third-order valence-electron chi connectivity index (χ3n) is 2.26. The molecule has 2 N–H and O–H groups in total. The topological polar surface area (TPSA) is 32.3 Å². The van der Waals surface area contributed by atoms with Crippen LogP contribution in [-0.4, -0.2) is 24.4 Å². The van der Waals surface area contributed by atoms with Crippen molar-refractivity contribution < 1.29 is 9.50 Å². The molecule has 1 atom stereocenters. The lowest BCUT2D eigenvalue weighted by Crippen LogP contribution is -2.29.